The second-order valence-corrected chi connectivity index (χ2v) is 4.54. The van der Waals surface area contributed by atoms with Crippen LogP contribution >= 0.6 is 0 Å². The Morgan fingerprint density at radius 1 is 1.40 bits per heavy atom. The van der Waals surface area contributed by atoms with Crippen molar-refractivity contribution in [3.05, 3.63) is 0 Å². The summed E-state index contributed by atoms with van der Waals surface area (Å²) in [6.07, 6.45) is 4.47. The molecule has 0 nitrogen and oxygen atoms in total. The highest BCUT2D eigenvalue weighted by atomic mass is 14.6. The molecule has 2 fully saturated rings. The number of hydrogen-bond donors (Lipinski definition) is 0. The highest BCUT2D eigenvalue weighted by molar-refractivity contribution is 5.09. The standard InChI is InChI=1S/C10H18/c1-4-8-6-9-5-7(2)10(8,9)3/h7-9H,4-6H2,1-3H3. The molecule has 0 heteroatoms. The first kappa shape index (κ1) is 6.69. The van der Waals surface area contributed by atoms with E-state index in [1.807, 2.05) is 0 Å². The molecule has 0 bridgehead atoms. The van der Waals surface area contributed by atoms with E-state index in [9.17, 15) is 0 Å². The lowest BCUT2D eigenvalue weighted by atomic mass is 9.38. The molecule has 10 heavy (non-hydrogen) atoms. The minimum atomic E-state index is 0.786. The third-order valence-electron chi connectivity index (χ3n) is 4.52. The molecule has 0 aromatic carbocycles. The molecular formula is C10H18. The molecule has 0 amide bonds. The molecule has 58 valence electrons. The number of fused-ring (bicyclic) bond motifs is 1. The molecule has 0 aliphatic heterocycles. The molecule has 0 aromatic heterocycles. The minimum absolute atomic E-state index is 0.786. The SMILES string of the molecule is CCC1CC2CC(C)C12C. The zero-order valence-electron chi connectivity index (χ0n) is 7.35. The fourth-order valence-electron chi connectivity index (χ4n) is 3.31. The lowest BCUT2D eigenvalue weighted by Crippen LogP contribution is -2.59. The van der Waals surface area contributed by atoms with Gasteiger partial charge >= 0.3 is 0 Å². The molecule has 4 atom stereocenters. The van der Waals surface area contributed by atoms with Crippen LogP contribution in [0.5, 0.6) is 0 Å². The van der Waals surface area contributed by atoms with Crippen molar-refractivity contribution < 1.29 is 0 Å². The molecule has 0 radical (unpaired) electrons. The van der Waals surface area contributed by atoms with E-state index in [1.54, 1.807) is 0 Å². The average molecular weight is 138 g/mol. The molecule has 2 saturated carbocycles. The van der Waals surface area contributed by atoms with Gasteiger partial charge in [0.2, 0.25) is 0 Å². The predicted octanol–water partition coefficient (Wildman–Crippen LogP) is 3.08. The summed E-state index contributed by atoms with van der Waals surface area (Å²) in [4.78, 5) is 0. The van der Waals surface area contributed by atoms with Crippen LogP contribution < -0.4 is 0 Å². The summed E-state index contributed by atoms with van der Waals surface area (Å²) in [5, 5.41) is 0. The van der Waals surface area contributed by atoms with Gasteiger partial charge in [0.05, 0.1) is 0 Å². The first-order chi connectivity index (χ1) is 4.69. The molecule has 4 unspecified atom stereocenters. The van der Waals surface area contributed by atoms with E-state index in [0.29, 0.717) is 0 Å². The minimum Gasteiger partial charge on any atom is -0.0651 e. The van der Waals surface area contributed by atoms with Crippen molar-refractivity contribution in [2.75, 3.05) is 0 Å². The monoisotopic (exact) mass is 138 g/mol. The van der Waals surface area contributed by atoms with E-state index in [1.165, 1.54) is 19.3 Å². The smallest absolute Gasteiger partial charge is 0.0243 e. The summed E-state index contributed by atoms with van der Waals surface area (Å²) in [6, 6.07) is 0. The van der Waals surface area contributed by atoms with Gasteiger partial charge in [-0.25, -0.2) is 0 Å². The van der Waals surface area contributed by atoms with Crippen LogP contribution in [0, 0.1) is 23.2 Å². The van der Waals surface area contributed by atoms with Gasteiger partial charge < -0.3 is 0 Å². The van der Waals surface area contributed by atoms with Gasteiger partial charge in [-0.1, -0.05) is 27.2 Å². The molecule has 0 aromatic rings. The molecule has 0 heterocycles. The van der Waals surface area contributed by atoms with Gasteiger partial charge in [0.1, 0.15) is 0 Å². The van der Waals surface area contributed by atoms with Crippen molar-refractivity contribution in [1.82, 2.24) is 0 Å². The highest BCUT2D eigenvalue weighted by Gasteiger charge is 2.60. The Morgan fingerprint density at radius 2 is 2.10 bits per heavy atom. The zero-order valence-corrected chi connectivity index (χ0v) is 7.35. The van der Waals surface area contributed by atoms with Crippen molar-refractivity contribution >= 4 is 0 Å². The summed E-state index contributed by atoms with van der Waals surface area (Å²) in [5.41, 5.74) is 0.786. The van der Waals surface area contributed by atoms with Gasteiger partial charge in [-0.2, -0.15) is 0 Å². The molecule has 0 saturated heterocycles. The lowest BCUT2D eigenvalue weighted by molar-refractivity contribution is -0.178. The first-order valence-corrected chi connectivity index (χ1v) is 4.69. The maximum Gasteiger partial charge on any atom is -0.0243 e. The zero-order chi connectivity index (χ0) is 7.35. The Labute approximate surface area is 64.0 Å². The summed E-state index contributed by atoms with van der Waals surface area (Å²) in [6.45, 7) is 7.28. The van der Waals surface area contributed by atoms with E-state index < -0.39 is 0 Å². The van der Waals surface area contributed by atoms with Gasteiger partial charge in [0, 0.05) is 0 Å². The Morgan fingerprint density at radius 3 is 2.40 bits per heavy atom. The summed E-state index contributed by atoms with van der Waals surface area (Å²) < 4.78 is 0. The fourth-order valence-corrected chi connectivity index (χ4v) is 3.31. The van der Waals surface area contributed by atoms with Crippen LogP contribution in [0.4, 0.5) is 0 Å². The maximum atomic E-state index is 2.50. The third-order valence-corrected chi connectivity index (χ3v) is 4.52. The van der Waals surface area contributed by atoms with Crippen LogP contribution in [0.2, 0.25) is 0 Å². The molecule has 2 aliphatic rings. The van der Waals surface area contributed by atoms with Gasteiger partial charge in [-0.05, 0) is 36.0 Å². The molecule has 2 aliphatic carbocycles. The van der Waals surface area contributed by atoms with E-state index in [0.717, 1.165) is 23.2 Å². The van der Waals surface area contributed by atoms with E-state index in [2.05, 4.69) is 20.8 Å². The summed E-state index contributed by atoms with van der Waals surface area (Å²) in [5.74, 6) is 3.21. The first-order valence-electron chi connectivity index (χ1n) is 4.69. The van der Waals surface area contributed by atoms with Crippen LogP contribution in [0.3, 0.4) is 0 Å². The van der Waals surface area contributed by atoms with Crippen molar-refractivity contribution in [3.8, 4) is 0 Å². The lowest BCUT2D eigenvalue weighted by Gasteiger charge is -2.67. The molecular weight excluding hydrogens is 120 g/mol. The normalized spacial score (nSPS) is 58.5. The van der Waals surface area contributed by atoms with E-state index in [4.69, 9.17) is 0 Å². The van der Waals surface area contributed by atoms with Gasteiger partial charge in [0.15, 0.2) is 0 Å². The Balaban J connectivity index is 2.07. The summed E-state index contributed by atoms with van der Waals surface area (Å²) in [7, 11) is 0. The van der Waals surface area contributed by atoms with Gasteiger partial charge in [-0.3, -0.25) is 0 Å². The fraction of sp³-hybridized carbons (Fsp3) is 1.00. The summed E-state index contributed by atoms with van der Waals surface area (Å²) >= 11 is 0. The molecule has 0 spiro atoms. The van der Waals surface area contributed by atoms with Gasteiger partial charge in [0.25, 0.3) is 0 Å². The average Bonchev–Trinajstić information content (AvgIpc) is 1.96. The third kappa shape index (κ3) is 0.500. The van der Waals surface area contributed by atoms with Crippen LogP contribution in [-0.4, -0.2) is 0 Å². The Bertz CT molecular complexity index is 144. The highest BCUT2D eigenvalue weighted by Crippen LogP contribution is 2.68. The maximum absolute atomic E-state index is 2.50. The van der Waals surface area contributed by atoms with Crippen molar-refractivity contribution in [3.63, 3.8) is 0 Å². The van der Waals surface area contributed by atoms with Crippen LogP contribution in [-0.2, 0) is 0 Å². The number of hydrogen-bond acceptors (Lipinski definition) is 0. The van der Waals surface area contributed by atoms with Gasteiger partial charge in [-0.15, -0.1) is 0 Å². The topological polar surface area (TPSA) is 0 Å². The van der Waals surface area contributed by atoms with Crippen LogP contribution in [0.25, 0.3) is 0 Å². The Hall–Kier alpha value is 0. The second kappa shape index (κ2) is 1.78. The second-order valence-electron chi connectivity index (χ2n) is 4.54. The molecule has 0 N–H and O–H groups in total. The van der Waals surface area contributed by atoms with Crippen LogP contribution in [0.1, 0.15) is 40.0 Å². The van der Waals surface area contributed by atoms with Crippen molar-refractivity contribution in [2.24, 2.45) is 23.2 Å². The number of rotatable bonds is 1. The molecule has 2 rings (SSSR count). The predicted molar refractivity (Wildman–Crippen MR) is 43.8 cm³/mol. The quantitative estimate of drug-likeness (QED) is 0.522. The van der Waals surface area contributed by atoms with Crippen molar-refractivity contribution in [1.29, 1.82) is 0 Å². The Kier molecular flexibility index (Phi) is 1.19. The van der Waals surface area contributed by atoms with E-state index in [-0.39, 0.29) is 0 Å². The van der Waals surface area contributed by atoms with Crippen LogP contribution in [0.15, 0.2) is 0 Å². The van der Waals surface area contributed by atoms with E-state index >= 15 is 0 Å². The largest absolute Gasteiger partial charge is 0.0651 e. The van der Waals surface area contributed by atoms with Crippen molar-refractivity contribution in [2.45, 2.75) is 40.0 Å².